The Morgan fingerprint density at radius 1 is 1.14 bits per heavy atom. The monoisotopic (exact) mass is 300 g/mol. The lowest BCUT2D eigenvalue weighted by Crippen LogP contribution is -2.32. The third-order valence-electron chi connectivity index (χ3n) is 2.79. The highest BCUT2D eigenvalue weighted by Gasteiger charge is 2.16. The van der Waals surface area contributed by atoms with Crippen LogP contribution in [0.4, 0.5) is 10.1 Å². The molecule has 0 heterocycles. The fourth-order valence-electron chi connectivity index (χ4n) is 1.78. The maximum Gasteiger partial charge on any atom is 0.238 e. The smallest absolute Gasteiger partial charge is 0.238 e. The molecule has 0 atom stereocenters. The van der Waals surface area contributed by atoms with Gasteiger partial charge in [0.2, 0.25) is 5.91 Å². The van der Waals surface area contributed by atoms with Crippen molar-refractivity contribution in [3.05, 3.63) is 60.4 Å². The molecule has 0 bridgehead atoms. The number of nitriles is 1. The Morgan fingerprint density at radius 2 is 1.81 bits per heavy atom. The van der Waals surface area contributed by atoms with Gasteiger partial charge in [-0.1, -0.05) is 30.3 Å². The Bertz CT molecular complexity index is 655. The standard InChI is InChI=1S/C16H13FN2OS/c17-14-8-4-5-9-15(14)21-12-16(20)19(11-10-18)13-6-2-1-3-7-13/h1-9H,11-12H2. The zero-order valence-electron chi connectivity index (χ0n) is 11.2. The number of thioether (sulfide) groups is 1. The van der Waals surface area contributed by atoms with Crippen LogP contribution in [-0.2, 0) is 4.79 Å². The molecule has 0 saturated heterocycles. The van der Waals surface area contributed by atoms with Crippen LogP contribution in [0.15, 0.2) is 59.5 Å². The normalized spacial score (nSPS) is 9.90. The Morgan fingerprint density at radius 3 is 2.48 bits per heavy atom. The molecule has 0 N–H and O–H groups in total. The fourth-order valence-corrected chi connectivity index (χ4v) is 2.60. The molecule has 2 aromatic carbocycles. The zero-order valence-corrected chi connectivity index (χ0v) is 12.0. The van der Waals surface area contributed by atoms with Gasteiger partial charge in [0.15, 0.2) is 0 Å². The van der Waals surface area contributed by atoms with Crippen molar-refractivity contribution in [3.8, 4) is 6.07 Å². The molecule has 1 amide bonds. The van der Waals surface area contributed by atoms with Crippen LogP contribution in [-0.4, -0.2) is 18.2 Å². The summed E-state index contributed by atoms with van der Waals surface area (Å²) >= 11 is 1.13. The minimum atomic E-state index is -0.346. The minimum absolute atomic E-state index is 0.0271. The lowest BCUT2D eigenvalue weighted by atomic mass is 10.3. The van der Waals surface area contributed by atoms with Crippen LogP contribution in [0.1, 0.15) is 0 Å². The van der Waals surface area contributed by atoms with Gasteiger partial charge in [-0.2, -0.15) is 5.26 Å². The number of para-hydroxylation sites is 1. The van der Waals surface area contributed by atoms with Crippen molar-refractivity contribution >= 4 is 23.4 Å². The third kappa shape index (κ3) is 4.07. The highest BCUT2D eigenvalue weighted by molar-refractivity contribution is 8.00. The number of anilines is 1. The molecule has 0 fully saturated rings. The number of nitrogens with zero attached hydrogens (tertiary/aromatic N) is 2. The van der Waals surface area contributed by atoms with Crippen molar-refractivity contribution in [1.29, 1.82) is 5.26 Å². The van der Waals surface area contributed by atoms with E-state index < -0.39 is 0 Å². The van der Waals surface area contributed by atoms with E-state index in [-0.39, 0.29) is 24.0 Å². The molecular formula is C16H13FN2OS. The number of hydrogen-bond donors (Lipinski definition) is 0. The number of amides is 1. The van der Waals surface area contributed by atoms with Crippen molar-refractivity contribution in [1.82, 2.24) is 0 Å². The van der Waals surface area contributed by atoms with Crippen LogP contribution in [0, 0.1) is 17.1 Å². The van der Waals surface area contributed by atoms with Crippen molar-refractivity contribution in [2.24, 2.45) is 0 Å². The molecule has 106 valence electrons. The largest absolute Gasteiger partial charge is 0.298 e. The van der Waals surface area contributed by atoms with Gasteiger partial charge < -0.3 is 0 Å². The summed E-state index contributed by atoms with van der Waals surface area (Å²) in [5.74, 6) is -0.491. The molecule has 0 aliphatic rings. The summed E-state index contributed by atoms with van der Waals surface area (Å²) in [6.07, 6.45) is 0. The second kappa shape index (κ2) is 7.46. The molecule has 3 nitrogen and oxygen atoms in total. The minimum Gasteiger partial charge on any atom is -0.298 e. The zero-order chi connectivity index (χ0) is 15.1. The van der Waals surface area contributed by atoms with Gasteiger partial charge in [0.25, 0.3) is 0 Å². The molecule has 0 radical (unpaired) electrons. The average Bonchev–Trinajstić information content (AvgIpc) is 2.52. The first-order chi connectivity index (χ1) is 10.2. The van der Waals surface area contributed by atoms with Gasteiger partial charge in [0, 0.05) is 10.6 Å². The molecule has 0 spiro atoms. The van der Waals surface area contributed by atoms with Gasteiger partial charge in [-0.3, -0.25) is 9.69 Å². The molecule has 0 aliphatic carbocycles. The summed E-state index contributed by atoms with van der Waals surface area (Å²) in [4.78, 5) is 14.1. The van der Waals surface area contributed by atoms with Crippen LogP contribution >= 0.6 is 11.8 Å². The highest BCUT2D eigenvalue weighted by Crippen LogP contribution is 2.22. The van der Waals surface area contributed by atoms with Crippen molar-refractivity contribution in [2.75, 3.05) is 17.2 Å². The number of benzene rings is 2. The van der Waals surface area contributed by atoms with Crippen LogP contribution < -0.4 is 4.90 Å². The Kier molecular flexibility index (Phi) is 5.35. The van der Waals surface area contributed by atoms with E-state index in [1.165, 1.54) is 11.0 Å². The van der Waals surface area contributed by atoms with E-state index in [9.17, 15) is 9.18 Å². The van der Waals surface area contributed by atoms with Gasteiger partial charge in [0.05, 0.1) is 11.8 Å². The maximum absolute atomic E-state index is 13.5. The Labute approximate surface area is 127 Å². The Hall–Kier alpha value is -2.32. The van der Waals surface area contributed by atoms with E-state index in [0.29, 0.717) is 10.6 Å². The topological polar surface area (TPSA) is 44.1 Å². The summed E-state index contributed by atoms with van der Waals surface area (Å²) in [6.45, 7) is -0.0271. The number of halogens is 1. The quantitative estimate of drug-likeness (QED) is 0.627. The van der Waals surface area contributed by atoms with Gasteiger partial charge >= 0.3 is 0 Å². The molecule has 0 saturated carbocycles. The average molecular weight is 300 g/mol. The molecule has 2 aromatic rings. The number of carbonyl (C=O) groups is 1. The van der Waals surface area contributed by atoms with E-state index in [1.54, 1.807) is 42.5 Å². The van der Waals surface area contributed by atoms with Gasteiger partial charge in [-0.05, 0) is 24.3 Å². The fraction of sp³-hybridized carbons (Fsp3) is 0.125. The van der Waals surface area contributed by atoms with E-state index in [4.69, 9.17) is 5.26 Å². The second-order valence-electron chi connectivity index (χ2n) is 4.19. The summed E-state index contributed by atoms with van der Waals surface area (Å²) in [6, 6.07) is 17.3. The van der Waals surface area contributed by atoms with E-state index in [0.717, 1.165) is 11.8 Å². The predicted molar refractivity (Wildman–Crippen MR) is 81.5 cm³/mol. The lowest BCUT2D eigenvalue weighted by Gasteiger charge is -2.19. The number of hydrogen-bond acceptors (Lipinski definition) is 3. The summed E-state index contributed by atoms with van der Waals surface area (Å²) < 4.78 is 13.5. The van der Waals surface area contributed by atoms with Crippen LogP contribution in [0.2, 0.25) is 0 Å². The predicted octanol–water partition coefficient (Wildman–Crippen LogP) is 3.47. The SMILES string of the molecule is N#CCN(C(=O)CSc1ccccc1F)c1ccccc1. The second-order valence-corrected chi connectivity index (χ2v) is 5.21. The molecule has 5 heteroatoms. The Balaban J connectivity index is 2.07. The van der Waals surface area contributed by atoms with Crippen LogP contribution in [0.25, 0.3) is 0 Å². The third-order valence-corrected chi connectivity index (χ3v) is 3.82. The summed E-state index contributed by atoms with van der Waals surface area (Å²) in [7, 11) is 0. The molecule has 0 unspecified atom stereocenters. The van der Waals surface area contributed by atoms with Crippen molar-refractivity contribution in [2.45, 2.75) is 4.90 Å². The van der Waals surface area contributed by atoms with Crippen LogP contribution in [0.5, 0.6) is 0 Å². The first-order valence-corrected chi connectivity index (χ1v) is 7.30. The first kappa shape index (κ1) is 15.1. The van der Waals surface area contributed by atoms with Crippen molar-refractivity contribution < 1.29 is 9.18 Å². The van der Waals surface area contributed by atoms with E-state index in [1.807, 2.05) is 12.1 Å². The van der Waals surface area contributed by atoms with Gasteiger partial charge in [0.1, 0.15) is 12.4 Å². The maximum atomic E-state index is 13.5. The molecule has 0 aromatic heterocycles. The van der Waals surface area contributed by atoms with Crippen molar-refractivity contribution in [3.63, 3.8) is 0 Å². The van der Waals surface area contributed by atoms with Gasteiger partial charge in [-0.15, -0.1) is 11.8 Å². The number of carbonyl (C=O) groups excluding carboxylic acids is 1. The highest BCUT2D eigenvalue weighted by atomic mass is 32.2. The van der Waals surface area contributed by atoms with Gasteiger partial charge in [-0.25, -0.2) is 4.39 Å². The molecule has 2 rings (SSSR count). The molecule has 0 aliphatic heterocycles. The molecular weight excluding hydrogens is 287 g/mol. The summed E-state index contributed by atoms with van der Waals surface area (Å²) in [5.41, 5.74) is 0.665. The van der Waals surface area contributed by atoms with Crippen LogP contribution in [0.3, 0.4) is 0 Å². The van der Waals surface area contributed by atoms with E-state index >= 15 is 0 Å². The molecule has 21 heavy (non-hydrogen) atoms. The first-order valence-electron chi connectivity index (χ1n) is 6.32. The van der Waals surface area contributed by atoms with E-state index in [2.05, 4.69) is 0 Å². The lowest BCUT2D eigenvalue weighted by molar-refractivity contribution is -0.116. The summed E-state index contributed by atoms with van der Waals surface area (Å²) in [5, 5.41) is 8.87. The number of rotatable bonds is 5.